The van der Waals surface area contributed by atoms with E-state index in [1.54, 1.807) is 11.3 Å². The summed E-state index contributed by atoms with van der Waals surface area (Å²) in [6, 6.07) is 0. The lowest BCUT2D eigenvalue weighted by molar-refractivity contribution is 0.0540. The molecule has 86 valence electrons. The predicted molar refractivity (Wildman–Crippen MR) is 65.3 cm³/mol. The zero-order valence-electron chi connectivity index (χ0n) is 10.1. The van der Waals surface area contributed by atoms with E-state index < -0.39 is 0 Å². The molecular formula is C12H21NOS. The average molecular weight is 227 g/mol. The van der Waals surface area contributed by atoms with Crippen LogP contribution in [0.1, 0.15) is 44.3 Å². The van der Waals surface area contributed by atoms with Gasteiger partial charge in [-0.3, -0.25) is 0 Å². The lowest BCUT2D eigenvalue weighted by Gasteiger charge is -2.25. The van der Waals surface area contributed by atoms with Crippen molar-refractivity contribution in [3.8, 4) is 0 Å². The Morgan fingerprint density at radius 3 is 2.60 bits per heavy atom. The second-order valence-electron chi connectivity index (χ2n) is 5.13. The molecule has 1 aromatic rings. The fourth-order valence-corrected chi connectivity index (χ4v) is 2.08. The van der Waals surface area contributed by atoms with Gasteiger partial charge in [0.2, 0.25) is 0 Å². The highest BCUT2D eigenvalue weighted by Crippen LogP contribution is 2.23. The highest BCUT2D eigenvalue weighted by Gasteiger charge is 2.21. The molecular weight excluding hydrogens is 206 g/mol. The van der Waals surface area contributed by atoms with Gasteiger partial charge in [0.15, 0.2) is 0 Å². The lowest BCUT2D eigenvalue weighted by atomic mass is 9.86. The molecule has 0 spiro atoms. The van der Waals surface area contributed by atoms with Crippen LogP contribution in [0.4, 0.5) is 0 Å². The molecule has 0 aliphatic heterocycles. The smallest absolute Gasteiger partial charge is 0.0897 e. The SMILES string of the molecule is Cc1nc(CCCC(O)C(C)(C)C)cs1. The number of thiazole rings is 1. The van der Waals surface area contributed by atoms with Crippen molar-refractivity contribution in [1.82, 2.24) is 4.98 Å². The number of aliphatic hydroxyl groups excluding tert-OH is 1. The zero-order valence-corrected chi connectivity index (χ0v) is 10.9. The minimum absolute atomic E-state index is 0.00199. The van der Waals surface area contributed by atoms with Crippen molar-refractivity contribution in [3.63, 3.8) is 0 Å². The van der Waals surface area contributed by atoms with Gasteiger partial charge in [0.1, 0.15) is 0 Å². The van der Waals surface area contributed by atoms with Gasteiger partial charge in [0, 0.05) is 5.38 Å². The van der Waals surface area contributed by atoms with Crippen LogP contribution in [0.3, 0.4) is 0 Å². The molecule has 0 amide bonds. The summed E-state index contributed by atoms with van der Waals surface area (Å²) in [5, 5.41) is 13.1. The summed E-state index contributed by atoms with van der Waals surface area (Å²) in [6.07, 6.45) is 2.65. The zero-order chi connectivity index (χ0) is 11.5. The second-order valence-corrected chi connectivity index (χ2v) is 6.19. The third-order valence-electron chi connectivity index (χ3n) is 2.58. The molecule has 1 aromatic heterocycles. The van der Waals surface area contributed by atoms with Crippen molar-refractivity contribution >= 4 is 11.3 Å². The minimum Gasteiger partial charge on any atom is -0.393 e. The quantitative estimate of drug-likeness (QED) is 0.857. The Balaban J connectivity index is 2.28. The summed E-state index contributed by atoms with van der Waals surface area (Å²) in [6.45, 7) is 8.25. The van der Waals surface area contributed by atoms with Gasteiger partial charge in [-0.25, -0.2) is 4.98 Å². The topological polar surface area (TPSA) is 33.1 Å². The molecule has 3 heteroatoms. The van der Waals surface area contributed by atoms with Crippen LogP contribution in [0.25, 0.3) is 0 Å². The van der Waals surface area contributed by atoms with Crippen LogP contribution in [-0.4, -0.2) is 16.2 Å². The third kappa shape index (κ3) is 4.31. The summed E-state index contributed by atoms with van der Waals surface area (Å²) < 4.78 is 0. The van der Waals surface area contributed by atoms with Crippen molar-refractivity contribution in [3.05, 3.63) is 16.1 Å². The Morgan fingerprint density at radius 2 is 2.13 bits per heavy atom. The van der Waals surface area contributed by atoms with Crippen LogP contribution in [0.15, 0.2) is 5.38 Å². The molecule has 0 saturated heterocycles. The molecule has 0 saturated carbocycles. The van der Waals surface area contributed by atoms with Gasteiger partial charge in [-0.1, -0.05) is 20.8 Å². The van der Waals surface area contributed by atoms with Crippen LogP contribution in [0, 0.1) is 12.3 Å². The molecule has 1 N–H and O–H groups in total. The van der Waals surface area contributed by atoms with Crippen molar-refractivity contribution in [2.75, 3.05) is 0 Å². The molecule has 1 heterocycles. The first-order valence-electron chi connectivity index (χ1n) is 5.48. The van der Waals surface area contributed by atoms with Gasteiger partial charge in [0.25, 0.3) is 0 Å². The fourth-order valence-electron chi connectivity index (χ4n) is 1.43. The van der Waals surface area contributed by atoms with E-state index in [0.29, 0.717) is 0 Å². The van der Waals surface area contributed by atoms with Gasteiger partial charge in [-0.2, -0.15) is 0 Å². The van der Waals surface area contributed by atoms with Gasteiger partial charge in [-0.15, -0.1) is 11.3 Å². The van der Waals surface area contributed by atoms with Crippen molar-refractivity contribution < 1.29 is 5.11 Å². The van der Waals surface area contributed by atoms with Gasteiger partial charge in [0.05, 0.1) is 16.8 Å². The summed E-state index contributed by atoms with van der Waals surface area (Å²) in [5.74, 6) is 0. The molecule has 0 fully saturated rings. The highest BCUT2D eigenvalue weighted by molar-refractivity contribution is 7.09. The van der Waals surface area contributed by atoms with Crippen molar-refractivity contribution in [2.45, 2.75) is 53.1 Å². The molecule has 2 nitrogen and oxygen atoms in total. The van der Waals surface area contributed by atoms with Gasteiger partial charge in [-0.05, 0) is 31.6 Å². The number of rotatable bonds is 4. The lowest BCUT2D eigenvalue weighted by Crippen LogP contribution is -2.25. The number of aromatic nitrogens is 1. The number of aryl methyl sites for hydroxylation is 2. The maximum absolute atomic E-state index is 9.85. The molecule has 0 aromatic carbocycles. The molecule has 1 unspecified atom stereocenters. The van der Waals surface area contributed by atoms with E-state index in [1.807, 2.05) is 6.92 Å². The molecule has 0 aliphatic rings. The summed E-state index contributed by atoms with van der Waals surface area (Å²) in [5.41, 5.74) is 1.16. The predicted octanol–water partition coefficient (Wildman–Crippen LogP) is 3.18. The van der Waals surface area contributed by atoms with Crippen LogP contribution in [0.2, 0.25) is 0 Å². The Bertz CT molecular complexity index is 301. The monoisotopic (exact) mass is 227 g/mol. The van der Waals surface area contributed by atoms with Crippen LogP contribution in [0.5, 0.6) is 0 Å². The number of aliphatic hydroxyl groups is 1. The molecule has 0 bridgehead atoms. The molecule has 0 radical (unpaired) electrons. The third-order valence-corrected chi connectivity index (χ3v) is 3.40. The maximum atomic E-state index is 9.85. The maximum Gasteiger partial charge on any atom is 0.0897 e. The van der Waals surface area contributed by atoms with E-state index in [4.69, 9.17) is 0 Å². The normalized spacial score (nSPS) is 14.2. The fraction of sp³-hybridized carbons (Fsp3) is 0.750. The molecule has 1 rings (SSSR count). The van der Waals surface area contributed by atoms with Crippen molar-refractivity contribution in [1.29, 1.82) is 0 Å². The molecule has 0 aliphatic carbocycles. The van der Waals surface area contributed by atoms with Gasteiger partial charge < -0.3 is 5.11 Å². The summed E-state index contributed by atoms with van der Waals surface area (Å²) >= 11 is 1.70. The van der Waals surface area contributed by atoms with E-state index in [0.717, 1.165) is 24.3 Å². The van der Waals surface area contributed by atoms with E-state index >= 15 is 0 Å². The standard InChI is InChI=1S/C12H21NOS/c1-9-13-10(8-15-9)6-5-7-11(14)12(2,3)4/h8,11,14H,5-7H2,1-4H3. The van der Waals surface area contributed by atoms with Gasteiger partial charge >= 0.3 is 0 Å². The number of hydrogen-bond acceptors (Lipinski definition) is 3. The first-order chi connectivity index (χ1) is 6.89. The Hall–Kier alpha value is -0.410. The Morgan fingerprint density at radius 1 is 1.47 bits per heavy atom. The average Bonchev–Trinajstić information content (AvgIpc) is 2.49. The first-order valence-corrected chi connectivity index (χ1v) is 6.36. The van der Waals surface area contributed by atoms with E-state index in [1.165, 1.54) is 5.69 Å². The van der Waals surface area contributed by atoms with E-state index in [9.17, 15) is 5.11 Å². The van der Waals surface area contributed by atoms with E-state index in [2.05, 4.69) is 31.1 Å². The summed E-state index contributed by atoms with van der Waals surface area (Å²) in [4.78, 5) is 4.41. The molecule has 1 atom stereocenters. The Kier molecular flexibility index (Phi) is 4.29. The first kappa shape index (κ1) is 12.7. The number of nitrogens with zero attached hydrogens (tertiary/aromatic N) is 1. The van der Waals surface area contributed by atoms with Crippen LogP contribution >= 0.6 is 11.3 Å². The molecule has 15 heavy (non-hydrogen) atoms. The summed E-state index contributed by atoms with van der Waals surface area (Å²) in [7, 11) is 0. The van der Waals surface area contributed by atoms with Crippen molar-refractivity contribution in [2.24, 2.45) is 5.41 Å². The second kappa shape index (κ2) is 5.08. The number of hydrogen-bond donors (Lipinski definition) is 1. The largest absolute Gasteiger partial charge is 0.393 e. The minimum atomic E-state index is -0.211. The van der Waals surface area contributed by atoms with Crippen LogP contribution in [-0.2, 0) is 6.42 Å². The Labute approximate surface area is 96.4 Å². The van der Waals surface area contributed by atoms with Crippen LogP contribution < -0.4 is 0 Å². The highest BCUT2D eigenvalue weighted by atomic mass is 32.1. The van der Waals surface area contributed by atoms with E-state index in [-0.39, 0.29) is 11.5 Å².